The van der Waals surface area contributed by atoms with E-state index in [1.807, 2.05) is 0 Å². The smallest absolute Gasteiger partial charge is 0.423 e. The van der Waals surface area contributed by atoms with Crippen molar-refractivity contribution in [3.05, 3.63) is 54.1 Å². The fourth-order valence-corrected chi connectivity index (χ4v) is 1.68. The molecule has 1 amide bonds. The Labute approximate surface area is 110 Å². The van der Waals surface area contributed by atoms with E-state index in [4.69, 9.17) is 15.8 Å². The highest BCUT2D eigenvalue weighted by Crippen LogP contribution is 2.13. The highest BCUT2D eigenvalue weighted by Gasteiger charge is 2.13. The summed E-state index contributed by atoms with van der Waals surface area (Å²) >= 11 is 0. The molecule has 2 aromatic rings. The number of anilines is 2. The SMILES string of the molecule is Nc1ccccc1C(=O)Nc1cccc(B(O)O)c1. The Morgan fingerprint density at radius 3 is 2.53 bits per heavy atom. The molecule has 0 aliphatic heterocycles. The predicted molar refractivity (Wildman–Crippen MR) is 75.1 cm³/mol. The zero-order valence-electron chi connectivity index (χ0n) is 10.1. The normalized spacial score (nSPS) is 10.0. The quantitative estimate of drug-likeness (QED) is 0.466. The molecule has 2 aromatic carbocycles. The molecule has 0 aliphatic carbocycles. The van der Waals surface area contributed by atoms with Crippen molar-refractivity contribution in [1.29, 1.82) is 0 Å². The minimum absolute atomic E-state index is 0.304. The lowest BCUT2D eigenvalue weighted by atomic mass is 9.80. The molecule has 0 aliphatic rings. The van der Waals surface area contributed by atoms with Crippen molar-refractivity contribution in [2.45, 2.75) is 0 Å². The van der Waals surface area contributed by atoms with Crippen LogP contribution < -0.4 is 16.5 Å². The molecule has 0 saturated heterocycles. The molecule has 0 heterocycles. The standard InChI is InChI=1S/C13H13BN2O3/c15-12-7-2-1-6-11(12)13(17)16-10-5-3-4-9(8-10)14(18)19/h1-8,18-19H,15H2,(H,16,17). The van der Waals surface area contributed by atoms with Crippen molar-refractivity contribution in [2.75, 3.05) is 11.1 Å². The Balaban J connectivity index is 2.20. The largest absolute Gasteiger partial charge is 0.488 e. The Hall–Kier alpha value is -2.31. The van der Waals surface area contributed by atoms with Crippen molar-refractivity contribution in [1.82, 2.24) is 0 Å². The fourth-order valence-electron chi connectivity index (χ4n) is 1.68. The molecule has 5 N–H and O–H groups in total. The molecule has 0 saturated carbocycles. The lowest BCUT2D eigenvalue weighted by Gasteiger charge is -2.08. The summed E-state index contributed by atoms with van der Waals surface area (Å²) in [7, 11) is -1.57. The van der Waals surface area contributed by atoms with E-state index in [9.17, 15) is 4.79 Å². The van der Waals surface area contributed by atoms with Gasteiger partial charge < -0.3 is 21.1 Å². The molecule has 6 heteroatoms. The van der Waals surface area contributed by atoms with Gasteiger partial charge in [0.15, 0.2) is 0 Å². The van der Waals surface area contributed by atoms with E-state index < -0.39 is 7.12 Å². The molecule has 5 nitrogen and oxygen atoms in total. The Kier molecular flexibility index (Phi) is 3.84. The summed E-state index contributed by atoms with van der Waals surface area (Å²) in [5.74, 6) is -0.345. The van der Waals surface area contributed by atoms with Crippen molar-refractivity contribution in [3.63, 3.8) is 0 Å². The van der Waals surface area contributed by atoms with Gasteiger partial charge in [-0.2, -0.15) is 0 Å². The Morgan fingerprint density at radius 1 is 1.11 bits per heavy atom. The highest BCUT2D eigenvalue weighted by molar-refractivity contribution is 6.58. The van der Waals surface area contributed by atoms with Gasteiger partial charge in [-0.15, -0.1) is 0 Å². The molecular weight excluding hydrogens is 243 g/mol. The van der Waals surface area contributed by atoms with Crippen LogP contribution in [0.15, 0.2) is 48.5 Å². The van der Waals surface area contributed by atoms with Crippen LogP contribution in [0.1, 0.15) is 10.4 Å². The number of hydrogen-bond donors (Lipinski definition) is 4. The maximum absolute atomic E-state index is 12.0. The minimum atomic E-state index is -1.57. The highest BCUT2D eigenvalue weighted by atomic mass is 16.4. The minimum Gasteiger partial charge on any atom is -0.423 e. The number of amides is 1. The number of para-hydroxylation sites is 1. The van der Waals surface area contributed by atoms with Crippen LogP contribution in [0.4, 0.5) is 11.4 Å². The summed E-state index contributed by atoms with van der Waals surface area (Å²) in [5.41, 5.74) is 7.25. The first-order valence-corrected chi connectivity index (χ1v) is 5.70. The average molecular weight is 256 g/mol. The van der Waals surface area contributed by atoms with Gasteiger partial charge in [-0.3, -0.25) is 4.79 Å². The number of rotatable bonds is 3. The van der Waals surface area contributed by atoms with Crippen LogP contribution in [0.3, 0.4) is 0 Å². The number of hydrogen-bond acceptors (Lipinski definition) is 4. The van der Waals surface area contributed by atoms with Gasteiger partial charge in [0.25, 0.3) is 5.91 Å². The molecule has 0 unspecified atom stereocenters. The zero-order chi connectivity index (χ0) is 13.8. The molecule has 96 valence electrons. The maximum atomic E-state index is 12.0. The van der Waals surface area contributed by atoms with E-state index in [0.29, 0.717) is 22.4 Å². The van der Waals surface area contributed by atoms with Gasteiger partial charge in [-0.05, 0) is 29.7 Å². The zero-order valence-corrected chi connectivity index (χ0v) is 10.1. The molecule has 0 atom stereocenters. The summed E-state index contributed by atoms with van der Waals surface area (Å²) in [4.78, 5) is 12.0. The van der Waals surface area contributed by atoms with Crippen LogP contribution in [0.5, 0.6) is 0 Å². The number of carbonyl (C=O) groups is 1. The second-order valence-electron chi connectivity index (χ2n) is 4.04. The van der Waals surface area contributed by atoms with E-state index in [2.05, 4.69) is 5.32 Å². The van der Waals surface area contributed by atoms with E-state index in [-0.39, 0.29) is 5.91 Å². The Bertz CT molecular complexity index is 602. The molecule has 19 heavy (non-hydrogen) atoms. The van der Waals surface area contributed by atoms with Crippen LogP contribution >= 0.6 is 0 Å². The van der Waals surface area contributed by atoms with E-state index in [1.54, 1.807) is 42.5 Å². The van der Waals surface area contributed by atoms with Gasteiger partial charge in [0.2, 0.25) is 0 Å². The fraction of sp³-hybridized carbons (Fsp3) is 0. The van der Waals surface area contributed by atoms with Crippen LogP contribution in [-0.4, -0.2) is 23.1 Å². The molecule has 0 radical (unpaired) electrons. The summed E-state index contributed by atoms with van der Waals surface area (Å²) in [6.45, 7) is 0. The van der Waals surface area contributed by atoms with Crippen LogP contribution in [-0.2, 0) is 0 Å². The lowest BCUT2D eigenvalue weighted by Crippen LogP contribution is -2.30. The van der Waals surface area contributed by atoms with E-state index in [0.717, 1.165) is 0 Å². The van der Waals surface area contributed by atoms with Gasteiger partial charge in [0.1, 0.15) is 0 Å². The van der Waals surface area contributed by atoms with Gasteiger partial charge in [0, 0.05) is 11.4 Å². The summed E-state index contributed by atoms with van der Waals surface area (Å²) in [6, 6.07) is 13.0. The monoisotopic (exact) mass is 256 g/mol. The lowest BCUT2D eigenvalue weighted by molar-refractivity contribution is 0.102. The first-order chi connectivity index (χ1) is 9.08. The topological polar surface area (TPSA) is 95.6 Å². The second kappa shape index (κ2) is 5.56. The number of nitrogen functional groups attached to an aromatic ring is 1. The van der Waals surface area contributed by atoms with E-state index >= 15 is 0 Å². The molecule has 0 aromatic heterocycles. The molecular formula is C13H13BN2O3. The predicted octanol–water partition coefficient (Wildman–Crippen LogP) is 0.201. The molecule has 2 rings (SSSR count). The average Bonchev–Trinajstić information content (AvgIpc) is 2.39. The van der Waals surface area contributed by atoms with Gasteiger partial charge >= 0.3 is 7.12 Å². The third-order valence-corrected chi connectivity index (χ3v) is 2.65. The van der Waals surface area contributed by atoms with Gasteiger partial charge in [-0.1, -0.05) is 24.3 Å². The van der Waals surface area contributed by atoms with Gasteiger partial charge in [0.05, 0.1) is 5.56 Å². The number of carbonyl (C=O) groups excluding carboxylic acids is 1. The van der Waals surface area contributed by atoms with Crippen molar-refractivity contribution in [2.24, 2.45) is 0 Å². The van der Waals surface area contributed by atoms with Crippen LogP contribution in [0.2, 0.25) is 0 Å². The molecule has 0 fully saturated rings. The Morgan fingerprint density at radius 2 is 1.84 bits per heavy atom. The van der Waals surface area contributed by atoms with E-state index in [1.165, 1.54) is 6.07 Å². The van der Waals surface area contributed by atoms with Crippen molar-refractivity contribution < 1.29 is 14.8 Å². The third kappa shape index (κ3) is 3.12. The molecule has 0 spiro atoms. The van der Waals surface area contributed by atoms with Crippen LogP contribution in [0, 0.1) is 0 Å². The van der Waals surface area contributed by atoms with Crippen LogP contribution in [0.25, 0.3) is 0 Å². The summed E-state index contributed by atoms with van der Waals surface area (Å²) in [6.07, 6.45) is 0. The van der Waals surface area contributed by atoms with Gasteiger partial charge in [-0.25, -0.2) is 0 Å². The van der Waals surface area contributed by atoms with Crippen molar-refractivity contribution >= 4 is 29.9 Å². The molecule has 0 bridgehead atoms. The number of nitrogens with one attached hydrogen (secondary N) is 1. The summed E-state index contributed by atoms with van der Waals surface area (Å²) < 4.78 is 0. The third-order valence-electron chi connectivity index (χ3n) is 2.65. The number of nitrogens with two attached hydrogens (primary N) is 1. The first-order valence-electron chi connectivity index (χ1n) is 5.70. The van der Waals surface area contributed by atoms with Crippen molar-refractivity contribution in [3.8, 4) is 0 Å². The number of benzene rings is 2. The first kappa shape index (κ1) is 13.1. The maximum Gasteiger partial charge on any atom is 0.488 e. The second-order valence-corrected chi connectivity index (χ2v) is 4.04. The summed E-state index contributed by atoms with van der Waals surface area (Å²) in [5, 5.41) is 20.8.